The molecule has 32 heavy (non-hydrogen) atoms. The molecule has 0 unspecified atom stereocenters. The van der Waals surface area contributed by atoms with Gasteiger partial charge in [-0.25, -0.2) is 17.5 Å². The van der Waals surface area contributed by atoms with Crippen molar-refractivity contribution in [2.75, 3.05) is 38.2 Å². The fourth-order valence-corrected chi connectivity index (χ4v) is 4.95. The first-order valence-electron chi connectivity index (χ1n) is 10.4. The molecule has 0 radical (unpaired) electrons. The molecule has 2 aliphatic heterocycles. The molecule has 0 aliphatic carbocycles. The maximum absolute atomic E-state index is 13.3. The van der Waals surface area contributed by atoms with Crippen LogP contribution >= 0.6 is 0 Å². The smallest absolute Gasteiger partial charge is 0.334 e. The highest BCUT2D eigenvalue weighted by Gasteiger charge is 2.35. The lowest BCUT2D eigenvalue weighted by Gasteiger charge is -2.27. The predicted molar refractivity (Wildman–Crippen MR) is 117 cm³/mol. The average Bonchev–Trinajstić information content (AvgIpc) is 3.32. The van der Waals surface area contributed by atoms with Gasteiger partial charge in [0.15, 0.2) is 11.5 Å². The molecule has 2 aliphatic rings. The van der Waals surface area contributed by atoms with Crippen LogP contribution in [0.15, 0.2) is 47.4 Å². The third kappa shape index (κ3) is 4.64. The number of nitrogens with zero attached hydrogens (tertiary/aromatic N) is 2. The van der Waals surface area contributed by atoms with E-state index in [9.17, 15) is 18.0 Å². The third-order valence-corrected chi connectivity index (χ3v) is 7.05. The second kappa shape index (κ2) is 9.07. The summed E-state index contributed by atoms with van der Waals surface area (Å²) < 4.78 is 38.2. The molecule has 10 heteroatoms. The molecule has 1 N–H and O–H groups in total. The number of anilines is 1. The van der Waals surface area contributed by atoms with Crippen molar-refractivity contribution < 1.29 is 27.5 Å². The fourth-order valence-electron chi connectivity index (χ4n) is 3.61. The lowest BCUT2D eigenvalue weighted by Crippen LogP contribution is -2.48. The Bertz CT molecular complexity index is 1110. The Balaban J connectivity index is 1.56. The number of nitrogens with one attached hydrogen (secondary N) is 1. The molecular formula is C22H25N3O6S. The van der Waals surface area contributed by atoms with E-state index >= 15 is 0 Å². The van der Waals surface area contributed by atoms with Crippen molar-refractivity contribution in [3.05, 3.63) is 48.0 Å². The van der Waals surface area contributed by atoms with Crippen molar-refractivity contribution in [3.8, 4) is 11.5 Å². The highest BCUT2D eigenvalue weighted by atomic mass is 32.2. The first-order chi connectivity index (χ1) is 15.3. The van der Waals surface area contributed by atoms with Gasteiger partial charge in [0.1, 0.15) is 19.8 Å². The number of benzene rings is 2. The number of aryl methyl sites for hydroxylation is 1. The van der Waals surface area contributed by atoms with E-state index < -0.39 is 28.5 Å². The van der Waals surface area contributed by atoms with Crippen LogP contribution in [0.4, 0.5) is 10.5 Å². The summed E-state index contributed by atoms with van der Waals surface area (Å²) in [7, 11) is -4.22. The molecule has 1 fully saturated rings. The number of likely N-dealkylation sites (tertiary alicyclic amines) is 1. The van der Waals surface area contributed by atoms with E-state index in [1.807, 2.05) is 6.92 Å². The Morgan fingerprint density at radius 1 is 1.00 bits per heavy atom. The molecule has 9 nitrogen and oxygen atoms in total. The number of sulfonamides is 1. The topological polar surface area (TPSA) is 105 Å². The van der Waals surface area contributed by atoms with E-state index in [-0.39, 0.29) is 4.90 Å². The van der Waals surface area contributed by atoms with Crippen LogP contribution in [-0.4, -0.2) is 62.4 Å². The van der Waals surface area contributed by atoms with Crippen molar-refractivity contribution in [2.24, 2.45) is 0 Å². The molecule has 2 aromatic carbocycles. The maximum Gasteiger partial charge on any atom is 0.334 e. The minimum atomic E-state index is -4.22. The molecule has 4 rings (SSSR count). The van der Waals surface area contributed by atoms with Gasteiger partial charge in [-0.1, -0.05) is 17.7 Å². The molecule has 0 saturated carbocycles. The van der Waals surface area contributed by atoms with Gasteiger partial charge in [-0.2, -0.15) is 0 Å². The lowest BCUT2D eigenvalue weighted by atomic mass is 10.2. The first-order valence-corrected chi connectivity index (χ1v) is 11.9. The summed E-state index contributed by atoms with van der Waals surface area (Å²) in [6.07, 6.45) is 1.60. The van der Waals surface area contributed by atoms with E-state index in [0.29, 0.717) is 47.8 Å². The van der Waals surface area contributed by atoms with Gasteiger partial charge < -0.3 is 19.7 Å². The van der Waals surface area contributed by atoms with Crippen LogP contribution in [0, 0.1) is 6.92 Å². The molecule has 2 aromatic rings. The number of ether oxygens (including phenoxy) is 2. The van der Waals surface area contributed by atoms with E-state index in [4.69, 9.17) is 9.47 Å². The summed E-state index contributed by atoms with van der Waals surface area (Å²) in [6.45, 7) is 2.97. The third-order valence-electron chi connectivity index (χ3n) is 5.31. The number of amides is 3. The lowest BCUT2D eigenvalue weighted by molar-refractivity contribution is -0.116. The monoisotopic (exact) mass is 459 g/mol. The number of carbonyl (C=O) groups is 2. The second-order valence-corrected chi connectivity index (χ2v) is 9.57. The summed E-state index contributed by atoms with van der Waals surface area (Å²) in [5.74, 6) is 0.429. The van der Waals surface area contributed by atoms with Crippen molar-refractivity contribution in [1.29, 1.82) is 0 Å². The van der Waals surface area contributed by atoms with Crippen LogP contribution in [0.1, 0.15) is 18.4 Å². The number of fused-ring (bicyclic) bond motifs is 1. The molecule has 1 saturated heterocycles. The van der Waals surface area contributed by atoms with E-state index in [0.717, 1.165) is 18.4 Å². The van der Waals surface area contributed by atoms with Gasteiger partial charge in [0.25, 0.3) is 10.0 Å². The zero-order valence-corrected chi connectivity index (χ0v) is 18.6. The Morgan fingerprint density at radius 3 is 2.34 bits per heavy atom. The Kier molecular flexibility index (Phi) is 6.22. The molecular weight excluding hydrogens is 434 g/mol. The van der Waals surface area contributed by atoms with Crippen LogP contribution in [0.5, 0.6) is 11.5 Å². The van der Waals surface area contributed by atoms with Gasteiger partial charge in [-0.15, -0.1) is 0 Å². The van der Waals surface area contributed by atoms with Gasteiger partial charge in [-0.3, -0.25) is 4.79 Å². The molecule has 0 bridgehead atoms. The number of urea groups is 1. The van der Waals surface area contributed by atoms with Crippen LogP contribution in [-0.2, 0) is 14.8 Å². The van der Waals surface area contributed by atoms with Crippen LogP contribution < -0.4 is 14.8 Å². The largest absolute Gasteiger partial charge is 0.486 e. The summed E-state index contributed by atoms with van der Waals surface area (Å²) in [5.41, 5.74) is 1.30. The van der Waals surface area contributed by atoms with Gasteiger partial charge in [0.05, 0.1) is 4.90 Å². The quantitative estimate of drug-likeness (QED) is 0.737. The highest BCUT2D eigenvalue weighted by molar-refractivity contribution is 7.89. The minimum absolute atomic E-state index is 0.0391. The van der Waals surface area contributed by atoms with Crippen LogP contribution in [0.3, 0.4) is 0 Å². The summed E-state index contributed by atoms with van der Waals surface area (Å²) in [6, 6.07) is 10.4. The van der Waals surface area contributed by atoms with Crippen LogP contribution in [0.25, 0.3) is 0 Å². The molecule has 2 heterocycles. The Hall–Kier alpha value is -3.27. The minimum Gasteiger partial charge on any atom is -0.486 e. The number of rotatable bonds is 5. The number of hydrogen-bond acceptors (Lipinski definition) is 6. The maximum atomic E-state index is 13.3. The SMILES string of the molecule is Cc1ccc(S(=O)(=O)N(CC(=O)Nc2ccc3c(c2)OCCO3)C(=O)N2CCCC2)cc1. The van der Waals surface area contributed by atoms with Crippen molar-refractivity contribution in [1.82, 2.24) is 9.21 Å². The van der Waals surface area contributed by atoms with E-state index in [1.54, 1.807) is 30.3 Å². The van der Waals surface area contributed by atoms with Crippen molar-refractivity contribution in [3.63, 3.8) is 0 Å². The van der Waals surface area contributed by atoms with Crippen molar-refractivity contribution in [2.45, 2.75) is 24.7 Å². The summed E-state index contributed by atoms with van der Waals surface area (Å²) in [5, 5.41) is 2.65. The summed E-state index contributed by atoms with van der Waals surface area (Å²) in [4.78, 5) is 27.3. The van der Waals surface area contributed by atoms with Gasteiger partial charge in [0.2, 0.25) is 5.91 Å². The molecule has 3 amide bonds. The molecule has 0 atom stereocenters. The van der Waals surface area contributed by atoms with Crippen molar-refractivity contribution >= 4 is 27.6 Å². The molecule has 170 valence electrons. The van der Waals surface area contributed by atoms with Gasteiger partial charge in [0, 0.05) is 24.8 Å². The molecule has 0 spiro atoms. The Morgan fingerprint density at radius 2 is 1.66 bits per heavy atom. The number of carbonyl (C=O) groups excluding carboxylic acids is 2. The number of hydrogen-bond donors (Lipinski definition) is 1. The normalized spacial score (nSPS) is 15.3. The van der Waals surface area contributed by atoms with Gasteiger partial charge in [-0.05, 0) is 44.0 Å². The summed E-state index contributed by atoms with van der Waals surface area (Å²) >= 11 is 0. The zero-order chi connectivity index (χ0) is 22.7. The molecule has 0 aromatic heterocycles. The second-order valence-electron chi connectivity index (χ2n) is 7.71. The predicted octanol–water partition coefficient (Wildman–Crippen LogP) is 2.61. The van der Waals surface area contributed by atoms with Crippen LogP contribution in [0.2, 0.25) is 0 Å². The Labute approximate surface area is 187 Å². The van der Waals surface area contributed by atoms with E-state index in [2.05, 4.69) is 5.32 Å². The first kappa shape index (κ1) is 21.9. The van der Waals surface area contributed by atoms with E-state index in [1.165, 1.54) is 17.0 Å². The average molecular weight is 460 g/mol. The zero-order valence-electron chi connectivity index (χ0n) is 17.7. The standard InChI is InChI=1S/C22H25N3O6S/c1-16-4-7-18(8-5-16)32(28,29)25(22(27)24-10-2-3-11-24)15-21(26)23-17-6-9-19-20(14-17)31-13-12-30-19/h4-9,14H,2-3,10-13,15H2,1H3,(H,23,26). The van der Waals surface area contributed by atoms with Gasteiger partial charge >= 0.3 is 6.03 Å². The highest BCUT2D eigenvalue weighted by Crippen LogP contribution is 2.32. The fraction of sp³-hybridized carbons (Fsp3) is 0.364.